The summed E-state index contributed by atoms with van der Waals surface area (Å²) in [5, 5.41) is -0.503. The number of ether oxygens (including phenoxy) is 2. The summed E-state index contributed by atoms with van der Waals surface area (Å²) in [7, 11) is 1.62. The molecule has 4 rings (SSSR count). The minimum Gasteiger partial charge on any atom is -0.497 e. The molecule has 0 saturated carbocycles. The monoisotopic (exact) mass is 477 g/mol. The van der Waals surface area contributed by atoms with Crippen molar-refractivity contribution in [1.29, 1.82) is 0 Å². The molecule has 9 heteroatoms. The second-order valence-corrected chi connectivity index (χ2v) is 8.66. The number of nitrogens with two attached hydrogens (primary N) is 1. The minimum absolute atomic E-state index is 0.259. The molecule has 0 unspecified atom stereocenters. The lowest BCUT2D eigenvalue weighted by Gasteiger charge is -2.11. The van der Waals surface area contributed by atoms with Gasteiger partial charge in [-0.2, -0.15) is 0 Å². The van der Waals surface area contributed by atoms with E-state index < -0.39 is 23.6 Å². The highest BCUT2D eigenvalue weighted by atomic mass is 32.2. The highest BCUT2D eigenvalue weighted by Crippen LogP contribution is 2.34. The smallest absolute Gasteiger partial charge is 0.294 e. The van der Waals surface area contributed by atoms with Crippen LogP contribution >= 0.6 is 11.8 Å². The highest BCUT2D eigenvalue weighted by molar-refractivity contribution is 8.18. The Bertz CT molecular complexity index is 1290. The predicted octanol–water partition coefficient (Wildman–Crippen LogP) is 4.42. The van der Waals surface area contributed by atoms with E-state index in [1.54, 1.807) is 13.2 Å². The van der Waals surface area contributed by atoms with E-state index in [1.165, 1.54) is 0 Å². The van der Waals surface area contributed by atoms with Crippen LogP contribution in [0.15, 0.2) is 59.5 Å². The van der Waals surface area contributed by atoms with Gasteiger partial charge in [0.25, 0.3) is 11.1 Å². The van der Waals surface area contributed by atoms with Crippen LogP contribution in [0, 0.1) is 13.8 Å². The molecule has 1 aliphatic heterocycles. The number of aryl methyl sites for hydroxylation is 1. The van der Waals surface area contributed by atoms with Crippen LogP contribution in [0.2, 0.25) is 0 Å². The molecule has 34 heavy (non-hydrogen) atoms. The summed E-state index contributed by atoms with van der Waals surface area (Å²) in [6.07, 6.45) is 1.67. The molecule has 0 radical (unpaired) electrons. The Kier molecular flexibility index (Phi) is 6.47. The van der Waals surface area contributed by atoms with Gasteiger partial charge in [0, 0.05) is 17.1 Å². The maximum absolute atomic E-state index is 12.5. The van der Waals surface area contributed by atoms with Gasteiger partial charge in [0.1, 0.15) is 23.8 Å². The fourth-order valence-electron chi connectivity index (χ4n) is 3.71. The molecule has 1 aliphatic rings. The zero-order valence-electron chi connectivity index (χ0n) is 18.9. The third-order valence-electron chi connectivity index (χ3n) is 5.33. The number of carbonyl (C=O) groups is 3. The molecule has 1 aromatic heterocycles. The van der Waals surface area contributed by atoms with Crippen molar-refractivity contribution >= 4 is 34.9 Å². The average molecular weight is 478 g/mol. The first kappa shape index (κ1) is 23.2. The van der Waals surface area contributed by atoms with Gasteiger partial charge in [-0.05, 0) is 91.8 Å². The van der Waals surface area contributed by atoms with Crippen molar-refractivity contribution < 1.29 is 23.9 Å². The molecule has 2 heterocycles. The first-order chi connectivity index (χ1) is 16.3. The molecule has 2 N–H and O–H groups in total. The normalized spacial score (nSPS) is 14.7. The maximum Gasteiger partial charge on any atom is 0.294 e. The number of rotatable bonds is 7. The van der Waals surface area contributed by atoms with E-state index in [1.807, 2.05) is 68.4 Å². The number of aromatic nitrogens is 1. The second kappa shape index (κ2) is 9.48. The molecule has 0 spiro atoms. The van der Waals surface area contributed by atoms with E-state index >= 15 is 0 Å². The molecule has 0 atom stereocenters. The molecule has 3 amide bonds. The van der Waals surface area contributed by atoms with Gasteiger partial charge in [0.15, 0.2) is 0 Å². The summed E-state index contributed by atoms with van der Waals surface area (Å²) in [5.74, 6) is 0.906. The number of hydrogen-bond donors (Lipinski definition) is 1. The number of primary amides is 1. The summed E-state index contributed by atoms with van der Waals surface area (Å²) in [6.45, 7) is 3.48. The SMILES string of the molecule is COc1ccc(Oc2ccc(-n3c(C)cc(/C=C4\SC(=O)N(CC(N)=O)C4=O)c3C)cc2)cc1. The van der Waals surface area contributed by atoms with Crippen LogP contribution in [-0.2, 0) is 9.59 Å². The molecule has 0 bridgehead atoms. The van der Waals surface area contributed by atoms with Gasteiger partial charge < -0.3 is 19.8 Å². The molecule has 174 valence electrons. The van der Waals surface area contributed by atoms with E-state index in [4.69, 9.17) is 15.2 Å². The van der Waals surface area contributed by atoms with Crippen LogP contribution in [0.3, 0.4) is 0 Å². The zero-order valence-corrected chi connectivity index (χ0v) is 19.7. The van der Waals surface area contributed by atoms with Gasteiger partial charge in [0.05, 0.1) is 12.0 Å². The number of imide groups is 1. The van der Waals surface area contributed by atoms with Crippen LogP contribution in [0.1, 0.15) is 17.0 Å². The summed E-state index contributed by atoms with van der Waals surface area (Å²) in [6, 6.07) is 16.9. The third-order valence-corrected chi connectivity index (χ3v) is 6.24. The Morgan fingerprint density at radius 3 is 2.18 bits per heavy atom. The standard InChI is InChI=1S/C25H23N3O5S/c1-15-12-17(13-22-24(30)27(14-23(26)29)25(31)34-22)16(2)28(15)18-4-6-20(7-5-18)33-21-10-8-19(32-3)9-11-21/h4-13H,14H2,1-3H3,(H2,26,29)/b22-13-. The van der Waals surface area contributed by atoms with Crippen LogP contribution < -0.4 is 15.2 Å². The van der Waals surface area contributed by atoms with Gasteiger partial charge in [-0.1, -0.05) is 0 Å². The average Bonchev–Trinajstić information content (AvgIpc) is 3.24. The van der Waals surface area contributed by atoms with Crippen LogP contribution in [0.25, 0.3) is 11.8 Å². The van der Waals surface area contributed by atoms with Crippen molar-refractivity contribution in [2.24, 2.45) is 5.73 Å². The molecule has 8 nitrogen and oxygen atoms in total. The molecule has 1 saturated heterocycles. The van der Waals surface area contributed by atoms with Gasteiger partial charge in [-0.3, -0.25) is 19.3 Å². The molecule has 2 aromatic carbocycles. The predicted molar refractivity (Wildman–Crippen MR) is 130 cm³/mol. The Hall–Kier alpha value is -3.98. The van der Waals surface area contributed by atoms with E-state index in [-0.39, 0.29) is 4.91 Å². The van der Waals surface area contributed by atoms with E-state index in [0.29, 0.717) is 11.5 Å². The van der Waals surface area contributed by atoms with Gasteiger partial charge >= 0.3 is 0 Å². The van der Waals surface area contributed by atoms with E-state index in [0.717, 1.165) is 45.1 Å². The Balaban J connectivity index is 1.55. The van der Waals surface area contributed by atoms with Crippen molar-refractivity contribution in [3.8, 4) is 22.9 Å². The largest absolute Gasteiger partial charge is 0.497 e. The van der Waals surface area contributed by atoms with E-state index in [2.05, 4.69) is 4.57 Å². The number of nitrogens with zero attached hydrogens (tertiary/aromatic N) is 2. The highest BCUT2D eigenvalue weighted by Gasteiger charge is 2.36. The lowest BCUT2D eigenvalue weighted by atomic mass is 10.2. The molecular weight excluding hydrogens is 454 g/mol. The Labute approximate surface area is 200 Å². The number of methoxy groups -OCH3 is 1. The number of benzene rings is 2. The molecular formula is C25H23N3O5S. The Morgan fingerprint density at radius 2 is 1.59 bits per heavy atom. The summed E-state index contributed by atoms with van der Waals surface area (Å²) < 4.78 is 13.1. The Morgan fingerprint density at radius 1 is 1.00 bits per heavy atom. The van der Waals surface area contributed by atoms with Gasteiger partial charge in [0.2, 0.25) is 5.91 Å². The van der Waals surface area contributed by atoms with Crippen LogP contribution in [0.4, 0.5) is 4.79 Å². The molecule has 0 aliphatic carbocycles. The van der Waals surface area contributed by atoms with Crippen molar-refractivity contribution in [2.75, 3.05) is 13.7 Å². The summed E-state index contributed by atoms with van der Waals surface area (Å²) in [5.41, 5.74) is 8.74. The summed E-state index contributed by atoms with van der Waals surface area (Å²) in [4.78, 5) is 36.9. The number of carbonyl (C=O) groups excluding carboxylic acids is 3. The maximum atomic E-state index is 12.5. The minimum atomic E-state index is -0.735. The topological polar surface area (TPSA) is 104 Å². The number of hydrogen-bond acceptors (Lipinski definition) is 6. The van der Waals surface area contributed by atoms with Crippen LogP contribution in [0.5, 0.6) is 17.2 Å². The first-order valence-corrected chi connectivity index (χ1v) is 11.2. The lowest BCUT2D eigenvalue weighted by Crippen LogP contribution is -2.36. The zero-order chi connectivity index (χ0) is 24.4. The van der Waals surface area contributed by atoms with E-state index in [9.17, 15) is 14.4 Å². The second-order valence-electron chi connectivity index (χ2n) is 7.67. The molecule has 1 fully saturated rings. The first-order valence-electron chi connectivity index (χ1n) is 10.4. The van der Waals surface area contributed by atoms with Crippen molar-refractivity contribution in [3.63, 3.8) is 0 Å². The van der Waals surface area contributed by atoms with Crippen molar-refractivity contribution in [1.82, 2.24) is 9.47 Å². The number of amides is 3. The third kappa shape index (κ3) is 4.69. The van der Waals surface area contributed by atoms with Crippen molar-refractivity contribution in [3.05, 3.63) is 76.5 Å². The molecule has 3 aromatic rings. The van der Waals surface area contributed by atoms with Gasteiger partial charge in [-0.15, -0.1) is 0 Å². The fraction of sp³-hybridized carbons (Fsp3) is 0.160. The van der Waals surface area contributed by atoms with Crippen LogP contribution in [-0.4, -0.2) is 40.2 Å². The summed E-state index contributed by atoms with van der Waals surface area (Å²) >= 11 is 0.800. The lowest BCUT2D eigenvalue weighted by molar-refractivity contribution is -0.127. The van der Waals surface area contributed by atoms with Gasteiger partial charge in [-0.25, -0.2) is 0 Å². The fourth-order valence-corrected chi connectivity index (χ4v) is 4.54. The number of thioether (sulfide) groups is 1. The van der Waals surface area contributed by atoms with Crippen molar-refractivity contribution in [2.45, 2.75) is 13.8 Å². The quantitative estimate of drug-likeness (QED) is 0.506.